The van der Waals surface area contributed by atoms with E-state index in [0.717, 1.165) is 4.47 Å². The molecule has 0 aliphatic carbocycles. The summed E-state index contributed by atoms with van der Waals surface area (Å²) >= 11 is 3.30. The van der Waals surface area contributed by atoms with Gasteiger partial charge in [-0.1, -0.05) is 41.9 Å². The van der Waals surface area contributed by atoms with Crippen LogP contribution in [0.15, 0.2) is 28.7 Å². The normalized spacial score (nSPS) is 10.4. The smallest absolute Gasteiger partial charge is 0.220 e. The first-order chi connectivity index (χ1) is 7.99. The zero-order valence-corrected chi connectivity index (χ0v) is 11.6. The van der Waals surface area contributed by atoms with Crippen LogP contribution in [0, 0.1) is 5.92 Å². The number of carbonyl (C=O) groups excluding carboxylic acids is 2. The Labute approximate surface area is 110 Å². The Kier molecular flexibility index (Phi) is 5.35. The monoisotopic (exact) mass is 297 g/mol. The highest BCUT2D eigenvalue weighted by molar-refractivity contribution is 9.10. The maximum Gasteiger partial charge on any atom is 0.220 e. The molecule has 0 aliphatic heterocycles. The number of halogens is 1. The first-order valence-electron chi connectivity index (χ1n) is 5.54. The van der Waals surface area contributed by atoms with Gasteiger partial charge in [-0.05, 0) is 18.1 Å². The molecule has 0 saturated carbocycles. The number of rotatable bonds is 5. The van der Waals surface area contributed by atoms with Crippen molar-refractivity contribution >= 4 is 27.6 Å². The van der Waals surface area contributed by atoms with E-state index in [1.807, 2.05) is 26.0 Å². The molecule has 0 atom stereocenters. The Morgan fingerprint density at radius 2 is 1.82 bits per heavy atom. The van der Waals surface area contributed by atoms with E-state index in [1.165, 1.54) is 0 Å². The molecule has 0 saturated heterocycles. The van der Waals surface area contributed by atoms with Crippen molar-refractivity contribution in [2.75, 3.05) is 6.54 Å². The van der Waals surface area contributed by atoms with Gasteiger partial charge in [0.25, 0.3) is 0 Å². The minimum atomic E-state index is -0.0783. The van der Waals surface area contributed by atoms with Crippen LogP contribution in [-0.4, -0.2) is 18.2 Å². The van der Waals surface area contributed by atoms with Gasteiger partial charge in [-0.25, -0.2) is 0 Å². The van der Waals surface area contributed by atoms with Gasteiger partial charge < -0.3 is 5.32 Å². The number of carbonyl (C=O) groups is 2. The van der Waals surface area contributed by atoms with Crippen LogP contribution >= 0.6 is 15.9 Å². The molecule has 1 amide bonds. The van der Waals surface area contributed by atoms with Crippen molar-refractivity contribution in [2.24, 2.45) is 5.92 Å². The molecular formula is C13H16BrNO2. The van der Waals surface area contributed by atoms with Crippen molar-refractivity contribution in [1.29, 1.82) is 0 Å². The van der Waals surface area contributed by atoms with Gasteiger partial charge in [0.2, 0.25) is 5.91 Å². The first-order valence-corrected chi connectivity index (χ1v) is 6.34. The second kappa shape index (κ2) is 6.55. The Morgan fingerprint density at radius 3 is 2.35 bits per heavy atom. The van der Waals surface area contributed by atoms with Crippen molar-refractivity contribution in [3.05, 3.63) is 34.3 Å². The van der Waals surface area contributed by atoms with Gasteiger partial charge in [0.05, 0.1) is 6.54 Å². The molecule has 1 aromatic rings. The Morgan fingerprint density at radius 1 is 1.24 bits per heavy atom. The predicted octanol–water partition coefficient (Wildman–Crippen LogP) is 2.79. The molecule has 1 N–H and O–H groups in total. The fourth-order valence-electron chi connectivity index (χ4n) is 1.36. The van der Waals surface area contributed by atoms with Crippen LogP contribution in [0.3, 0.4) is 0 Å². The largest absolute Gasteiger partial charge is 0.349 e. The maximum atomic E-state index is 11.7. The SMILES string of the molecule is CC(C)CC(=O)NCC(=O)c1ccc(Br)cc1. The summed E-state index contributed by atoms with van der Waals surface area (Å²) in [6, 6.07) is 7.09. The average Bonchev–Trinajstić information content (AvgIpc) is 2.26. The number of amides is 1. The Hall–Kier alpha value is -1.16. The van der Waals surface area contributed by atoms with Crippen molar-refractivity contribution in [2.45, 2.75) is 20.3 Å². The molecule has 4 heteroatoms. The number of benzene rings is 1. The summed E-state index contributed by atoms with van der Waals surface area (Å²) in [5, 5.41) is 2.63. The predicted molar refractivity (Wildman–Crippen MR) is 70.9 cm³/mol. The molecule has 0 unspecified atom stereocenters. The fraction of sp³-hybridized carbons (Fsp3) is 0.385. The molecular weight excluding hydrogens is 282 g/mol. The second-order valence-corrected chi connectivity index (χ2v) is 5.22. The van der Waals surface area contributed by atoms with Crippen molar-refractivity contribution in [3.63, 3.8) is 0 Å². The Balaban J connectivity index is 2.45. The van der Waals surface area contributed by atoms with Gasteiger partial charge >= 0.3 is 0 Å². The van der Waals surface area contributed by atoms with Crippen LogP contribution in [0.4, 0.5) is 0 Å². The quantitative estimate of drug-likeness (QED) is 0.850. The van der Waals surface area contributed by atoms with E-state index in [0.29, 0.717) is 17.9 Å². The van der Waals surface area contributed by atoms with E-state index in [-0.39, 0.29) is 18.2 Å². The average molecular weight is 298 g/mol. The molecule has 0 bridgehead atoms. The summed E-state index contributed by atoms with van der Waals surface area (Å²) in [7, 11) is 0. The van der Waals surface area contributed by atoms with Gasteiger partial charge in [-0.2, -0.15) is 0 Å². The lowest BCUT2D eigenvalue weighted by Gasteiger charge is -2.06. The van der Waals surface area contributed by atoms with Crippen LogP contribution in [0.1, 0.15) is 30.6 Å². The molecule has 1 aromatic carbocycles. The molecule has 3 nitrogen and oxygen atoms in total. The van der Waals surface area contributed by atoms with Crippen molar-refractivity contribution < 1.29 is 9.59 Å². The van der Waals surface area contributed by atoms with E-state index in [1.54, 1.807) is 12.1 Å². The van der Waals surface area contributed by atoms with E-state index < -0.39 is 0 Å². The minimum absolute atomic E-state index is 0.0627. The summed E-state index contributed by atoms with van der Waals surface area (Å²) in [6.07, 6.45) is 0.452. The molecule has 0 radical (unpaired) electrons. The summed E-state index contributed by atoms with van der Waals surface area (Å²) in [5.41, 5.74) is 0.609. The Bertz CT molecular complexity index is 398. The highest BCUT2D eigenvalue weighted by Gasteiger charge is 2.09. The van der Waals surface area contributed by atoms with E-state index in [4.69, 9.17) is 0 Å². The number of ketones is 1. The van der Waals surface area contributed by atoms with Gasteiger partial charge in [-0.3, -0.25) is 9.59 Å². The third-order valence-corrected chi connectivity index (χ3v) is 2.73. The second-order valence-electron chi connectivity index (χ2n) is 4.30. The minimum Gasteiger partial charge on any atom is -0.349 e. The number of nitrogens with one attached hydrogen (secondary N) is 1. The summed E-state index contributed by atoms with van der Waals surface area (Å²) in [6.45, 7) is 4.00. The van der Waals surface area contributed by atoms with E-state index >= 15 is 0 Å². The highest BCUT2D eigenvalue weighted by atomic mass is 79.9. The van der Waals surface area contributed by atoms with E-state index in [2.05, 4.69) is 21.2 Å². The van der Waals surface area contributed by atoms with Crippen LogP contribution in [-0.2, 0) is 4.79 Å². The molecule has 0 heterocycles. The van der Waals surface area contributed by atoms with Crippen LogP contribution in [0.5, 0.6) is 0 Å². The molecule has 0 fully saturated rings. The lowest BCUT2D eigenvalue weighted by Crippen LogP contribution is -2.30. The number of hydrogen-bond acceptors (Lipinski definition) is 2. The van der Waals surface area contributed by atoms with Crippen LogP contribution in [0.25, 0.3) is 0 Å². The molecule has 0 aromatic heterocycles. The lowest BCUT2D eigenvalue weighted by atomic mass is 10.1. The third-order valence-electron chi connectivity index (χ3n) is 2.21. The lowest BCUT2D eigenvalue weighted by molar-refractivity contribution is -0.121. The molecule has 17 heavy (non-hydrogen) atoms. The molecule has 0 spiro atoms. The molecule has 92 valence electrons. The zero-order chi connectivity index (χ0) is 12.8. The van der Waals surface area contributed by atoms with Crippen LogP contribution in [0.2, 0.25) is 0 Å². The highest BCUT2D eigenvalue weighted by Crippen LogP contribution is 2.10. The van der Waals surface area contributed by atoms with Crippen molar-refractivity contribution in [3.8, 4) is 0 Å². The van der Waals surface area contributed by atoms with Gasteiger partial charge in [0.15, 0.2) is 5.78 Å². The first kappa shape index (κ1) is 13.9. The summed E-state index contributed by atoms with van der Waals surface area (Å²) < 4.78 is 0.929. The third kappa shape index (κ3) is 5.13. The molecule has 1 rings (SSSR count). The maximum absolute atomic E-state index is 11.7. The van der Waals surface area contributed by atoms with Crippen molar-refractivity contribution in [1.82, 2.24) is 5.32 Å². The zero-order valence-electron chi connectivity index (χ0n) is 10.00. The standard InChI is InChI=1S/C13H16BrNO2/c1-9(2)7-13(17)15-8-12(16)10-3-5-11(14)6-4-10/h3-6,9H,7-8H2,1-2H3,(H,15,17). The number of Topliss-reactive ketones (excluding diaryl/α,β-unsaturated/α-hetero) is 1. The summed E-state index contributed by atoms with van der Waals surface area (Å²) in [5.74, 6) is 0.151. The topological polar surface area (TPSA) is 46.2 Å². The number of hydrogen-bond donors (Lipinski definition) is 1. The van der Waals surface area contributed by atoms with Gasteiger partial charge in [-0.15, -0.1) is 0 Å². The van der Waals surface area contributed by atoms with Crippen LogP contribution < -0.4 is 5.32 Å². The fourth-order valence-corrected chi connectivity index (χ4v) is 1.62. The molecule has 0 aliphatic rings. The van der Waals surface area contributed by atoms with Gasteiger partial charge in [0.1, 0.15) is 0 Å². The van der Waals surface area contributed by atoms with Gasteiger partial charge in [0, 0.05) is 16.5 Å². The van der Waals surface area contributed by atoms with E-state index in [9.17, 15) is 9.59 Å². The summed E-state index contributed by atoms with van der Waals surface area (Å²) in [4.78, 5) is 23.1.